The molecular weight excluding hydrogens is 348 g/mol. The van der Waals surface area contributed by atoms with Crippen LogP contribution in [-0.4, -0.2) is 23.3 Å². The van der Waals surface area contributed by atoms with Crippen LogP contribution in [-0.2, 0) is 29.1 Å². The van der Waals surface area contributed by atoms with E-state index in [2.05, 4.69) is 5.32 Å². The van der Waals surface area contributed by atoms with Crippen molar-refractivity contribution in [2.75, 3.05) is 6.54 Å². The fourth-order valence-electron chi connectivity index (χ4n) is 3.09. The zero-order valence-electron chi connectivity index (χ0n) is 14.7. The number of aryl methyl sites for hydroxylation is 1. The minimum atomic E-state index is 0.0108. The molecule has 26 heavy (non-hydrogen) atoms. The minimum Gasteiger partial charge on any atom is -0.352 e. The van der Waals surface area contributed by atoms with E-state index in [1.165, 1.54) is 0 Å². The van der Waals surface area contributed by atoms with Crippen molar-refractivity contribution in [2.45, 2.75) is 38.8 Å². The summed E-state index contributed by atoms with van der Waals surface area (Å²) in [5, 5.41) is 3.64. The largest absolute Gasteiger partial charge is 0.352 e. The fourth-order valence-corrected chi connectivity index (χ4v) is 3.32. The second-order valence-electron chi connectivity index (χ2n) is 6.60. The summed E-state index contributed by atoms with van der Waals surface area (Å²) in [5.74, 6) is 0.247. The molecule has 0 aromatic heterocycles. The Kier molecular flexibility index (Phi) is 6.29. The molecule has 0 unspecified atom stereocenters. The van der Waals surface area contributed by atoms with Gasteiger partial charge in [-0.05, 0) is 35.6 Å². The molecule has 0 atom stereocenters. The molecule has 2 aromatic carbocycles. The number of nitrogens with one attached hydrogen (secondary N) is 1. The highest BCUT2D eigenvalue weighted by Gasteiger charge is 2.19. The lowest BCUT2D eigenvalue weighted by molar-refractivity contribution is -0.128. The van der Waals surface area contributed by atoms with Gasteiger partial charge in [-0.1, -0.05) is 54.1 Å². The van der Waals surface area contributed by atoms with Crippen molar-refractivity contribution in [3.63, 3.8) is 0 Å². The smallest absolute Gasteiger partial charge is 0.222 e. The van der Waals surface area contributed by atoms with Crippen LogP contribution in [0, 0.1) is 0 Å². The van der Waals surface area contributed by atoms with Gasteiger partial charge in [-0.15, -0.1) is 0 Å². The predicted octanol–water partition coefficient (Wildman–Crippen LogP) is 3.71. The van der Waals surface area contributed by atoms with Crippen molar-refractivity contribution in [2.24, 2.45) is 0 Å². The van der Waals surface area contributed by atoms with E-state index in [9.17, 15) is 9.59 Å². The molecule has 4 nitrogen and oxygen atoms in total. The van der Waals surface area contributed by atoms with E-state index in [4.69, 9.17) is 11.6 Å². The summed E-state index contributed by atoms with van der Waals surface area (Å²) in [4.78, 5) is 25.6. The number of rotatable bonds is 7. The van der Waals surface area contributed by atoms with Crippen molar-refractivity contribution >= 4 is 23.4 Å². The summed E-state index contributed by atoms with van der Waals surface area (Å²) < 4.78 is 0. The standard InChI is InChI=1S/C21H23ClN2O2/c22-19-5-2-1-4-18(19)11-12-20(25)23-14-16-7-9-17(10-8-16)15-24-13-3-6-21(24)26/h1-2,4-5,7-10H,3,6,11-15H2,(H,23,25). The number of benzene rings is 2. The normalized spacial score (nSPS) is 13.9. The first-order valence-electron chi connectivity index (χ1n) is 8.97. The average Bonchev–Trinajstić information content (AvgIpc) is 3.05. The first-order chi connectivity index (χ1) is 12.6. The zero-order chi connectivity index (χ0) is 18.4. The molecular formula is C21H23ClN2O2. The Morgan fingerprint density at radius 3 is 2.50 bits per heavy atom. The Hall–Kier alpha value is -2.33. The molecule has 0 aliphatic carbocycles. The molecule has 136 valence electrons. The Morgan fingerprint density at radius 2 is 1.81 bits per heavy atom. The first-order valence-corrected chi connectivity index (χ1v) is 9.35. The van der Waals surface area contributed by atoms with Crippen molar-refractivity contribution in [1.82, 2.24) is 10.2 Å². The third kappa shape index (κ3) is 5.09. The van der Waals surface area contributed by atoms with Crippen LogP contribution in [0.4, 0.5) is 0 Å². The van der Waals surface area contributed by atoms with Gasteiger partial charge >= 0.3 is 0 Å². The maximum atomic E-state index is 12.0. The van der Waals surface area contributed by atoms with Crippen molar-refractivity contribution in [3.8, 4) is 0 Å². The number of hydrogen-bond donors (Lipinski definition) is 1. The summed E-state index contributed by atoms with van der Waals surface area (Å²) in [6.07, 6.45) is 2.67. The third-order valence-corrected chi connectivity index (χ3v) is 5.01. The summed E-state index contributed by atoms with van der Waals surface area (Å²) in [6.45, 7) is 2.02. The summed E-state index contributed by atoms with van der Waals surface area (Å²) >= 11 is 6.11. The molecule has 1 aliphatic heterocycles. The van der Waals surface area contributed by atoms with Crippen LogP contribution in [0.3, 0.4) is 0 Å². The van der Waals surface area contributed by atoms with Gasteiger partial charge in [0.05, 0.1) is 0 Å². The molecule has 1 N–H and O–H groups in total. The molecule has 0 bridgehead atoms. The summed E-state index contributed by atoms with van der Waals surface area (Å²) in [7, 11) is 0. The predicted molar refractivity (Wildman–Crippen MR) is 103 cm³/mol. The molecule has 0 saturated carbocycles. The van der Waals surface area contributed by atoms with Crippen LogP contribution >= 0.6 is 11.6 Å². The lowest BCUT2D eigenvalue weighted by Crippen LogP contribution is -2.24. The van der Waals surface area contributed by atoms with E-state index in [1.807, 2.05) is 53.4 Å². The van der Waals surface area contributed by atoms with E-state index in [1.54, 1.807) is 0 Å². The second-order valence-corrected chi connectivity index (χ2v) is 7.01. The van der Waals surface area contributed by atoms with E-state index in [0.717, 1.165) is 29.7 Å². The van der Waals surface area contributed by atoms with E-state index in [0.29, 0.717) is 37.4 Å². The number of halogens is 1. The van der Waals surface area contributed by atoms with Crippen LogP contribution in [0.2, 0.25) is 5.02 Å². The van der Waals surface area contributed by atoms with Gasteiger partial charge in [0.2, 0.25) is 11.8 Å². The monoisotopic (exact) mass is 370 g/mol. The van der Waals surface area contributed by atoms with Gasteiger partial charge in [0.25, 0.3) is 0 Å². The lowest BCUT2D eigenvalue weighted by Gasteiger charge is -2.15. The van der Waals surface area contributed by atoms with Crippen LogP contribution in [0.1, 0.15) is 36.0 Å². The summed E-state index contributed by atoms with van der Waals surface area (Å²) in [6, 6.07) is 15.7. The molecule has 0 radical (unpaired) electrons. The Morgan fingerprint density at radius 1 is 1.08 bits per heavy atom. The topological polar surface area (TPSA) is 49.4 Å². The second kappa shape index (κ2) is 8.86. The van der Waals surface area contributed by atoms with Crippen LogP contribution in [0.25, 0.3) is 0 Å². The summed E-state index contributed by atoms with van der Waals surface area (Å²) in [5.41, 5.74) is 3.16. The molecule has 1 heterocycles. The van der Waals surface area contributed by atoms with Crippen LogP contribution in [0.5, 0.6) is 0 Å². The van der Waals surface area contributed by atoms with E-state index >= 15 is 0 Å². The number of amides is 2. The van der Waals surface area contributed by atoms with Gasteiger partial charge in [-0.3, -0.25) is 9.59 Å². The van der Waals surface area contributed by atoms with Gasteiger partial charge in [0, 0.05) is 37.5 Å². The van der Waals surface area contributed by atoms with Gasteiger partial charge in [-0.2, -0.15) is 0 Å². The number of carbonyl (C=O) groups is 2. The Balaban J connectivity index is 1.43. The highest BCUT2D eigenvalue weighted by molar-refractivity contribution is 6.31. The maximum absolute atomic E-state index is 12.0. The van der Waals surface area contributed by atoms with Gasteiger partial charge in [0.15, 0.2) is 0 Å². The molecule has 1 saturated heterocycles. The van der Waals surface area contributed by atoms with Crippen LogP contribution < -0.4 is 5.32 Å². The Labute approximate surface area is 159 Å². The number of nitrogens with zero attached hydrogens (tertiary/aromatic N) is 1. The molecule has 2 aromatic rings. The van der Waals surface area contributed by atoms with Crippen LogP contribution in [0.15, 0.2) is 48.5 Å². The van der Waals surface area contributed by atoms with Gasteiger partial charge in [-0.25, -0.2) is 0 Å². The maximum Gasteiger partial charge on any atom is 0.222 e. The Bertz CT molecular complexity index is 774. The molecule has 1 aliphatic rings. The molecule has 5 heteroatoms. The third-order valence-electron chi connectivity index (χ3n) is 4.64. The minimum absolute atomic E-state index is 0.0108. The van der Waals surface area contributed by atoms with Gasteiger partial charge in [0.1, 0.15) is 0 Å². The van der Waals surface area contributed by atoms with Crippen molar-refractivity contribution < 1.29 is 9.59 Å². The number of hydrogen-bond acceptors (Lipinski definition) is 2. The quantitative estimate of drug-likeness (QED) is 0.807. The van der Waals surface area contributed by atoms with Gasteiger partial charge < -0.3 is 10.2 Å². The SMILES string of the molecule is O=C(CCc1ccccc1Cl)NCc1ccc(CN2CCCC2=O)cc1. The van der Waals surface area contributed by atoms with E-state index in [-0.39, 0.29) is 11.8 Å². The molecule has 0 spiro atoms. The van der Waals surface area contributed by atoms with E-state index < -0.39 is 0 Å². The zero-order valence-corrected chi connectivity index (χ0v) is 15.5. The van der Waals surface area contributed by atoms with Crippen molar-refractivity contribution in [3.05, 3.63) is 70.2 Å². The fraction of sp³-hybridized carbons (Fsp3) is 0.333. The first kappa shape index (κ1) is 18.5. The number of carbonyl (C=O) groups excluding carboxylic acids is 2. The molecule has 3 rings (SSSR count). The molecule has 2 amide bonds. The molecule has 1 fully saturated rings. The average molecular weight is 371 g/mol. The van der Waals surface area contributed by atoms with Crippen molar-refractivity contribution in [1.29, 1.82) is 0 Å². The highest BCUT2D eigenvalue weighted by atomic mass is 35.5. The lowest BCUT2D eigenvalue weighted by atomic mass is 10.1. The number of likely N-dealkylation sites (tertiary alicyclic amines) is 1. The highest BCUT2D eigenvalue weighted by Crippen LogP contribution is 2.17.